The largest absolute Gasteiger partial charge is 0.504 e. The summed E-state index contributed by atoms with van der Waals surface area (Å²) in [6.45, 7) is 5.85. The molecule has 28 heavy (non-hydrogen) atoms. The lowest BCUT2D eigenvalue weighted by Gasteiger charge is -2.21. The third-order valence-electron chi connectivity index (χ3n) is 3.86. The van der Waals surface area contributed by atoms with Crippen molar-refractivity contribution in [3.05, 3.63) is 47.0 Å². The second-order valence-electron chi connectivity index (χ2n) is 7.07. The summed E-state index contributed by atoms with van der Waals surface area (Å²) in [5.41, 5.74) is 1.05. The molecule has 0 aliphatic heterocycles. The number of ether oxygens (including phenoxy) is 2. The Balaban J connectivity index is 1.95. The Kier molecular flexibility index (Phi) is 7.10. The number of nitrogens with one attached hydrogen (secondary N) is 2. The monoisotopic (exact) mass is 422 g/mol. The molecular formula is C20H23ClN2O4S. The normalized spacial score (nSPS) is 10.9. The molecule has 0 fully saturated rings. The summed E-state index contributed by atoms with van der Waals surface area (Å²) >= 11 is 11.3. The Labute approximate surface area is 174 Å². The zero-order chi connectivity index (χ0) is 20.9. The number of hydrogen-bond donors (Lipinski definition) is 3. The van der Waals surface area contributed by atoms with E-state index in [1.54, 1.807) is 43.5 Å². The van der Waals surface area contributed by atoms with Crippen molar-refractivity contribution in [1.82, 2.24) is 5.32 Å². The first kappa shape index (κ1) is 21.8. The van der Waals surface area contributed by atoms with Gasteiger partial charge in [0.2, 0.25) is 0 Å². The number of carbonyl (C=O) groups is 1. The molecule has 150 valence electrons. The number of amides is 1. The van der Waals surface area contributed by atoms with E-state index in [0.717, 1.165) is 5.56 Å². The van der Waals surface area contributed by atoms with Crippen molar-refractivity contribution in [3.8, 4) is 17.2 Å². The van der Waals surface area contributed by atoms with Crippen LogP contribution in [-0.2, 0) is 10.2 Å². The summed E-state index contributed by atoms with van der Waals surface area (Å²) < 4.78 is 10.5. The highest BCUT2D eigenvalue weighted by atomic mass is 35.5. The number of phenols is 1. The number of methoxy groups -OCH3 is 1. The lowest BCUT2D eigenvalue weighted by molar-refractivity contribution is -0.121. The first-order valence-corrected chi connectivity index (χ1v) is 9.29. The molecular weight excluding hydrogens is 400 g/mol. The van der Waals surface area contributed by atoms with Crippen molar-refractivity contribution in [2.24, 2.45) is 0 Å². The van der Waals surface area contributed by atoms with Crippen molar-refractivity contribution in [2.45, 2.75) is 26.2 Å². The van der Waals surface area contributed by atoms with Crippen LogP contribution in [-0.4, -0.2) is 29.8 Å². The third kappa shape index (κ3) is 6.00. The van der Waals surface area contributed by atoms with Crippen molar-refractivity contribution in [3.63, 3.8) is 0 Å². The van der Waals surface area contributed by atoms with Gasteiger partial charge in [-0.2, -0.15) is 0 Å². The predicted octanol–water partition coefficient (Wildman–Crippen LogP) is 4.24. The first-order valence-electron chi connectivity index (χ1n) is 8.51. The molecule has 2 aromatic rings. The van der Waals surface area contributed by atoms with E-state index in [-0.39, 0.29) is 27.9 Å². The zero-order valence-electron chi connectivity index (χ0n) is 16.1. The minimum atomic E-state index is -0.439. The van der Waals surface area contributed by atoms with Gasteiger partial charge in [-0.15, -0.1) is 0 Å². The van der Waals surface area contributed by atoms with Crippen molar-refractivity contribution >= 4 is 40.5 Å². The summed E-state index contributed by atoms with van der Waals surface area (Å²) in [4.78, 5) is 12.0. The van der Waals surface area contributed by atoms with Gasteiger partial charge in [-0.05, 0) is 59.6 Å². The fourth-order valence-electron chi connectivity index (χ4n) is 2.26. The van der Waals surface area contributed by atoms with Gasteiger partial charge in [0.25, 0.3) is 5.91 Å². The van der Waals surface area contributed by atoms with E-state index in [4.69, 9.17) is 33.3 Å². The third-order valence-corrected chi connectivity index (χ3v) is 4.35. The number of carbonyl (C=O) groups excluding carboxylic acids is 1. The Bertz CT molecular complexity index is 864. The summed E-state index contributed by atoms with van der Waals surface area (Å²) in [5.74, 6) is 0.641. The van der Waals surface area contributed by atoms with Crippen LogP contribution in [0.5, 0.6) is 17.2 Å². The molecule has 0 heterocycles. The van der Waals surface area contributed by atoms with Gasteiger partial charge in [-0.3, -0.25) is 10.1 Å². The highest BCUT2D eigenvalue weighted by Gasteiger charge is 2.19. The molecule has 0 bridgehead atoms. The number of rotatable bonds is 5. The molecule has 0 unspecified atom stereocenters. The predicted molar refractivity (Wildman–Crippen MR) is 115 cm³/mol. The van der Waals surface area contributed by atoms with Gasteiger partial charge in [0.1, 0.15) is 11.5 Å². The molecule has 0 aliphatic rings. The molecule has 0 saturated heterocycles. The van der Waals surface area contributed by atoms with Gasteiger partial charge in [0.05, 0.1) is 17.8 Å². The molecule has 6 nitrogen and oxygen atoms in total. The van der Waals surface area contributed by atoms with Crippen molar-refractivity contribution < 1.29 is 19.4 Å². The van der Waals surface area contributed by atoms with Crippen LogP contribution in [0, 0.1) is 0 Å². The summed E-state index contributed by atoms with van der Waals surface area (Å²) in [6.07, 6.45) is 0. The van der Waals surface area contributed by atoms with Crippen molar-refractivity contribution in [2.75, 3.05) is 19.0 Å². The number of aromatic hydroxyl groups is 1. The van der Waals surface area contributed by atoms with Gasteiger partial charge < -0.3 is 19.9 Å². The molecule has 0 saturated carbocycles. The smallest absolute Gasteiger partial charge is 0.264 e. The maximum atomic E-state index is 12.0. The molecule has 3 N–H and O–H groups in total. The minimum Gasteiger partial charge on any atom is -0.504 e. The van der Waals surface area contributed by atoms with Gasteiger partial charge in [-0.1, -0.05) is 32.4 Å². The summed E-state index contributed by atoms with van der Waals surface area (Å²) in [7, 11) is 1.57. The van der Waals surface area contributed by atoms with Crippen molar-refractivity contribution in [1.29, 1.82) is 0 Å². The number of phenolic OH excluding ortho intramolecular Hbond substituents is 1. The molecule has 0 aliphatic carbocycles. The maximum Gasteiger partial charge on any atom is 0.264 e. The Hall–Kier alpha value is -2.51. The van der Waals surface area contributed by atoms with Crippen LogP contribution in [0.3, 0.4) is 0 Å². The number of anilines is 1. The van der Waals surface area contributed by atoms with Crippen LogP contribution in [0.4, 0.5) is 5.69 Å². The highest BCUT2D eigenvalue weighted by Crippen LogP contribution is 2.37. The van der Waals surface area contributed by atoms with Gasteiger partial charge in [0, 0.05) is 0 Å². The molecule has 2 aromatic carbocycles. The van der Waals surface area contributed by atoms with E-state index in [0.29, 0.717) is 17.2 Å². The molecule has 0 aromatic heterocycles. The topological polar surface area (TPSA) is 79.8 Å². The Morgan fingerprint density at radius 2 is 1.79 bits per heavy atom. The standard InChI is InChI=1S/C20H23ClN2O4S/c1-20(2,3)12-9-15(21)18(25)16(10-12)22-19(28)23-17(24)11-27-14-7-5-13(26-4)6-8-14/h5-10,25H,11H2,1-4H3,(H2,22,23,24,28). The first-order chi connectivity index (χ1) is 13.1. The van der Waals surface area contributed by atoms with Crippen LogP contribution in [0.15, 0.2) is 36.4 Å². The SMILES string of the molecule is COc1ccc(OCC(=O)NC(=S)Nc2cc(C(C)(C)C)cc(Cl)c2O)cc1. The van der Waals surface area contributed by atoms with Crippen LogP contribution < -0.4 is 20.1 Å². The lowest BCUT2D eigenvalue weighted by atomic mass is 9.87. The highest BCUT2D eigenvalue weighted by molar-refractivity contribution is 7.80. The quantitative estimate of drug-likeness (QED) is 0.494. The van der Waals surface area contributed by atoms with E-state index in [2.05, 4.69) is 10.6 Å². The van der Waals surface area contributed by atoms with Crippen LogP contribution in [0.25, 0.3) is 0 Å². The minimum absolute atomic E-state index is 0.0285. The number of hydrogen-bond acceptors (Lipinski definition) is 5. The van der Waals surface area contributed by atoms with Gasteiger partial charge >= 0.3 is 0 Å². The van der Waals surface area contributed by atoms with E-state index in [1.807, 2.05) is 20.8 Å². The summed E-state index contributed by atoms with van der Waals surface area (Å²) in [6, 6.07) is 10.3. The lowest BCUT2D eigenvalue weighted by Crippen LogP contribution is -2.37. The zero-order valence-corrected chi connectivity index (χ0v) is 17.7. The molecule has 0 atom stereocenters. The summed E-state index contributed by atoms with van der Waals surface area (Å²) in [5, 5.41) is 15.7. The fourth-order valence-corrected chi connectivity index (χ4v) is 2.71. The number of benzene rings is 2. The maximum absolute atomic E-state index is 12.0. The second-order valence-corrected chi connectivity index (χ2v) is 7.89. The Morgan fingerprint density at radius 3 is 2.36 bits per heavy atom. The van der Waals surface area contributed by atoms with Crippen LogP contribution in [0.1, 0.15) is 26.3 Å². The molecule has 0 radical (unpaired) electrons. The average molecular weight is 423 g/mol. The second kappa shape index (κ2) is 9.12. The fraction of sp³-hybridized carbons (Fsp3) is 0.300. The van der Waals surface area contributed by atoms with E-state index < -0.39 is 5.91 Å². The molecule has 8 heteroatoms. The number of halogens is 1. The van der Waals surface area contributed by atoms with Gasteiger partial charge in [-0.25, -0.2) is 0 Å². The average Bonchev–Trinajstić information content (AvgIpc) is 2.63. The number of thiocarbonyl (C=S) groups is 1. The Morgan fingerprint density at radius 1 is 1.18 bits per heavy atom. The van der Waals surface area contributed by atoms with E-state index in [1.165, 1.54) is 0 Å². The van der Waals surface area contributed by atoms with E-state index >= 15 is 0 Å². The molecule has 2 rings (SSSR count). The molecule has 1 amide bonds. The van der Waals surface area contributed by atoms with Crippen LogP contribution >= 0.6 is 23.8 Å². The molecule has 0 spiro atoms. The van der Waals surface area contributed by atoms with E-state index in [9.17, 15) is 9.90 Å². The van der Waals surface area contributed by atoms with Gasteiger partial charge in [0.15, 0.2) is 17.5 Å². The van der Waals surface area contributed by atoms with Crippen LogP contribution in [0.2, 0.25) is 5.02 Å².